The highest BCUT2D eigenvalue weighted by Crippen LogP contribution is 1.97. The Bertz CT molecular complexity index is 115. The van der Waals surface area contributed by atoms with Gasteiger partial charge in [0.1, 0.15) is 6.61 Å². The van der Waals surface area contributed by atoms with Crippen LogP contribution in [0.3, 0.4) is 0 Å². The molecule has 0 aromatic carbocycles. The predicted molar refractivity (Wildman–Crippen MR) is 39.6 cm³/mol. The maximum atomic E-state index is 10.5. The van der Waals surface area contributed by atoms with Gasteiger partial charge in [0.25, 0.3) is 0 Å². The second-order valence-electron chi connectivity index (χ2n) is 1.75. The number of carbonyl (C=O) groups is 1. The molecule has 0 aromatic heterocycles. The van der Waals surface area contributed by atoms with Crippen LogP contribution < -0.4 is 0 Å². The third-order valence-corrected chi connectivity index (χ3v) is 0.855. The summed E-state index contributed by atoms with van der Waals surface area (Å²) < 4.78 is 13.6. The predicted octanol–water partition coefficient (Wildman–Crippen LogP) is 1.37. The Hall–Kier alpha value is -0.480. The Kier molecular flexibility index (Phi) is 5.97. The molecular weight excluding hydrogens is 172 g/mol. The van der Waals surface area contributed by atoms with Crippen molar-refractivity contribution in [1.29, 1.82) is 0 Å². The van der Waals surface area contributed by atoms with E-state index in [0.29, 0.717) is 6.61 Å². The standard InChI is InChI=1S/C6H11ClO4/c1-5(7)11-6(8)10-4-3-9-2/h5H,3-4H2,1-2H3. The molecule has 0 spiro atoms. The third kappa shape index (κ3) is 7.42. The van der Waals surface area contributed by atoms with Crippen LogP contribution in [0.4, 0.5) is 4.79 Å². The van der Waals surface area contributed by atoms with Crippen molar-refractivity contribution in [2.75, 3.05) is 20.3 Å². The fourth-order valence-electron chi connectivity index (χ4n) is 0.375. The Morgan fingerprint density at radius 2 is 2.18 bits per heavy atom. The molecule has 1 atom stereocenters. The molecule has 0 N–H and O–H groups in total. The van der Waals surface area contributed by atoms with Crippen molar-refractivity contribution < 1.29 is 19.0 Å². The number of halogens is 1. The fraction of sp³-hybridized carbons (Fsp3) is 0.833. The van der Waals surface area contributed by atoms with Crippen LogP contribution in [0.5, 0.6) is 0 Å². The summed E-state index contributed by atoms with van der Waals surface area (Å²) in [5.74, 6) is 0. The van der Waals surface area contributed by atoms with Gasteiger partial charge in [-0.05, 0) is 6.92 Å². The topological polar surface area (TPSA) is 44.8 Å². The first-order valence-corrected chi connectivity index (χ1v) is 3.57. The van der Waals surface area contributed by atoms with Gasteiger partial charge in [0.05, 0.1) is 6.61 Å². The maximum Gasteiger partial charge on any atom is 0.509 e. The Labute approximate surface area is 70.4 Å². The first-order chi connectivity index (χ1) is 5.16. The average molecular weight is 183 g/mol. The molecule has 11 heavy (non-hydrogen) atoms. The average Bonchev–Trinajstić information content (AvgIpc) is 1.86. The molecular formula is C6H11ClO4. The molecule has 0 bridgehead atoms. The van der Waals surface area contributed by atoms with Crippen LogP contribution in [-0.4, -0.2) is 32.0 Å². The van der Waals surface area contributed by atoms with Gasteiger partial charge < -0.3 is 14.2 Å². The molecule has 0 aliphatic heterocycles. The monoisotopic (exact) mass is 182 g/mol. The van der Waals surface area contributed by atoms with Crippen molar-refractivity contribution in [1.82, 2.24) is 0 Å². The van der Waals surface area contributed by atoms with Crippen molar-refractivity contribution >= 4 is 17.8 Å². The van der Waals surface area contributed by atoms with Crippen molar-refractivity contribution in [2.24, 2.45) is 0 Å². The summed E-state index contributed by atoms with van der Waals surface area (Å²) in [4.78, 5) is 10.5. The van der Waals surface area contributed by atoms with E-state index in [1.807, 2.05) is 0 Å². The molecule has 0 radical (unpaired) electrons. The number of carbonyl (C=O) groups excluding carboxylic acids is 1. The van der Waals surface area contributed by atoms with Crippen LogP contribution in [0, 0.1) is 0 Å². The summed E-state index contributed by atoms with van der Waals surface area (Å²) in [6, 6.07) is 0. The summed E-state index contributed by atoms with van der Waals surface area (Å²) in [5, 5.41) is 0. The molecule has 1 unspecified atom stereocenters. The van der Waals surface area contributed by atoms with Gasteiger partial charge in [-0.25, -0.2) is 4.79 Å². The fourth-order valence-corrected chi connectivity index (χ4v) is 0.448. The zero-order chi connectivity index (χ0) is 8.69. The molecule has 0 aliphatic carbocycles. The molecule has 0 aliphatic rings. The lowest BCUT2D eigenvalue weighted by Crippen LogP contribution is -2.14. The van der Waals surface area contributed by atoms with Gasteiger partial charge in [-0.1, -0.05) is 11.6 Å². The quantitative estimate of drug-likeness (QED) is 0.374. The second kappa shape index (κ2) is 6.24. The van der Waals surface area contributed by atoms with Crippen LogP contribution in [0.1, 0.15) is 6.92 Å². The van der Waals surface area contributed by atoms with Gasteiger partial charge in [-0.3, -0.25) is 0 Å². The summed E-state index contributed by atoms with van der Waals surface area (Å²) in [5.41, 5.74) is -0.662. The lowest BCUT2D eigenvalue weighted by molar-refractivity contribution is 0.0322. The van der Waals surface area contributed by atoms with Gasteiger partial charge in [0.15, 0.2) is 5.56 Å². The van der Waals surface area contributed by atoms with Gasteiger partial charge >= 0.3 is 6.16 Å². The SMILES string of the molecule is COCCOC(=O)OC(C)Cl. The zero-order valence-electron chi connectivity index (χ0n) is 6.50. The number of hydrogen-bond acceptors (Lipinski definition) is 4. The molecule has 0 aromatic rings. The van der Waals surface area contributed by atoms with Gasteiger partial charge in [-0.15, -0.1) is 0 Å². The Morgan fingerprint density at radius 3 is 2.64 bits per heavy atom. The van der Waals surface area contributed by atoms with Crippen molar-refractivity contribution in [3.8, 4) is 0 Å². The molecule has 0 saturated heterocycles. The molecule has 0 saturated carbocycles. The molecule has 66 valence electrons. The number of rotatable bonds is 4. The number of ether oxygens (including phenoxy) is 3. The van der Waals surface area contributed by atoms with E-state index in [0.717, 1.165) is 0 Å². The molecule has 0 fully saturated rings. The van der Waals surface area contributed by atoms with Crippen molar-refractivity contribution in [3.05, 3.63) is 0 Å². The molecule has 0 heterocycles. The van der Waals surface area contributed by atoms with Crippen molar-refractivity contribution in [2.45, 2.75) is 12.5 Å². The lowest BCUT2D eigenvalue weighted by Gasteiger charge is -2.05. The van der Waals surface area contributed by atoms with E-state index in [1.165, 1.54) is 14.0 Å². The first-order valence-electron chi connectivity index (χ1n) is 3.13. The van der Waals surface area contributed by atoms with Crippen LogP contribution in [0.2, 0.25) is 0 Å². The van der Waals surface area contributed by atoms with Gasteiger partial charge in [0.2, 0.25) is 0 Å². The molecule has 0 rings (SSSR count). The summed E-state index contributed by atoms with van der Waals surface area (Å²) in [6.45, 7) is 2.06. The van der Waals surface area contributed by atoms with Crippen LogP contribution in [0.15, 0.2) is 0 Å². The van der Waals surface area contributed by atoms with E-state index in [9.17, 15) is 4.79 Å². The van der Waals surface area contributed by atoms with Gasteiger partial charge in [-0.2, -0.15) is 0 Å². The highest BCUT2D eigenvalue weighted by Gasteiger charge is 2.06. The summed E-state index contributed by atoms with van der Waals surface area (Å²) in [7, 11) is 1.51. The molecule has 4 nitrogen and oxygen atoms in total. The Balaban J connectivity index is 3.23. The van der Waals surface area contributed by atoms with Crippen LogP contribution in [-0.2, 0) is 14.2 Å². The highest BCUT2D eigenvalue weighted by molar-refractivity contribution is 6.19. The van der Waals surface area contributed by atoms with E-state index in [4.69, 9.17) is 11.6 Å². The van der Waals surface area contributed by atoms with E-state index >= 15 is 0 Å². The number of methoxy groups -OCH3 is 1. The smallest absolute Gasteiger partial charge is 0.432 e. The minimum absolute atomic E-state index is 0.180. The minimum Gasteiger partial charge on any atom is -0.432 e. The molecule has 5 heteroatoms. The zero-order valence-corrected chi connectivity index (χ0v) is 7.26. The normalized spacial score (nSPS) is 12.3. The van der Waals surface area contributed by atoms with Crippen molar-refractivity contribution in [3.63, 3.8) is 0 Å². The summed E-state index contributed by atoms with van der Waals surface area (Å²) in [6.07, 6.45) is -0.774. The minimum atomic E-state index is -0.774. The Morgan fingerprint density at radius 1 is 1.55 bits per heavy atom. The molecule has 0 amide bonds. The van der Waals surface area contributed by atoms with E-state index in [-0.39, 0.29) is 6.61 Å². The summed E-state index contributed by atoms with van der Waals surface area (Å²) >= 11 is 5.33. The number of hydrogen-bond donors (Lipinski definition) is 0. The third-order valence-electron chi connectivity index (χ3n) is 0.766. The van der Waals surface area contributed by atoms with E-state index < -0.39 is 11.7 Å². The highest BCUT2D eigenvalue weighted by atomic mass is 35.5. The lowest BCUT2D eigenvalue weighted by atomic mass is 10.8. The first kappa shape index (κ1) is 10.5. The van der Waals surface area contributed by atoms with Crippen LogP contribution in [0.25, 0.3) is 0 Å². The number of alkyl halides is 1. The van der Waals surface area contributed by atoms with E-state index in [1.54, 1.807) is 0 Å². The maximum absolute atomic E-state index is 10.5. The van der Waals surface area contributed by atoms with Crippen LogP contribution >= 0.6 is 11.6 Å². The van der Waals surface area contributed by atoms with Gasteiger partial charge in [0, 0.05) is 7.11 Å². The second-order valence-corrected chi connectivity index (χ2v) is 2.37. The largest absolute Gasteiger partial charge is 0.509 e. The van der Waals surface area contributed by atoms with E-state index in [2.05, 4.69) is 14.2 Å².